The van der Waals surface area contributed by atoms with Crippen molar-refractivity contribution in [2.24, 2.45) is 0 Å². The molecule has 0 saturated heterocycles. The SMILES string of the molecule is CCOC(=O)Cc1cccc(COc2cccc(Cc3nc4c(C(F)(F)F)cccc4cc3Cc3ccccc3)c2)c1. The van der Waals surface area contributed by atoms with E-state index in [0.717, 1.165) is 33.9 Å². The zero-order chi connectivity index (χ0) is 29.5. The van der Waals surface area contributed by atoms with Gasteiger partial charge in [0.15, 0.2) is 0 Å². The number of hydrogen-bond donors (Lipinski definition) is 0. The lowest BCUT2D eigenvalue weighted by Crippen LogP contribution is -2.09. The number of hydrogen-bond acceptors (Lipinski definition) is 4. The van der Waals surface area contributed by atoms with Crippen molar-refractivity contribution in [1.29, 1.82) is 0 Å². The minimum atomic E-state index is -4.51. The van der Waals surface area contributed by atoms with E-state index in [0.29, 0.717) is 42.9 Å². The van der Waals surface area contributed by atoms with Gasteiger partial charge in [-0.3, -0.25) is 9.78 Å². The van der Waals surface area contributed by atoms with E-state index in [2.05, 4.69) is 4.98 Å². The first-order valence-electron chi connectivity index (χ1n) is 13.8. The van der Waals surface area contributed by atoms with Gasteiger partial charge in [0.1, 0.15) is 12.4 Å². The van der Waals surface area contributed by atoms with E-state index < -0.39 is 11.7 Å². The number of halogens is 3. The van der Waals surface area contributed by atoms with E-state index >= 15 is 0 Å². The zero-order valence-electron chi connectivity index (χ0n) is 23.2. The van der Waals surface area contributed by atoms with Crippen molar-refractivity contribution in [1.82, 2.24) is 4.98 Å². The van der Waals surface area contributed by atoms with Crippen LogP contribution < -0.4 is 4.74 Å². The van der Waals surface area contributed by atoms with Crippen molar-refractivity contribution >= 4 is 16.9 Å². The van der Waals surface area contributed by atoms with Gasteiger partial charge in [0.2, 0.25) is 0 Å². The number of alkyl halides is 3. The van der Waals surface area contributed by atoms with E-state index in [1.165, 1.54) is 6.07 Å². The fourth-order valence-corrected chi connectivity index (χ4v) is 4.94. The van der Waals surface area contributed by atoms with Crippen LogP contribution in [-0.4, -0.2) is 17.6 Å². The number of rotatable bonds is 10. The average Bonchev–Trinajstić information content (AvgIpc) is 2.97. The van der Waals surface area contributed by atoms with Crippen molar-refractivity contribution in [3.63, 3.8) is 0 Å². The van der Waals surface area contributed by atoms with Gasteiger partial charge in [0, 0.05) is 17.5 Å². The summed E-state index contributed by atoms with van der Waals surface area (Å²) < 4.78 is 52.6. The summed E-state index contributed by atoms with van der Waals surface area (Å²) in [5.74, 6) is 0.351. The van der Waals surface area contributed by atoms with Crippen LogP contribution in [0.4, 0.5) is 13.2 Å². The maximum absolute atomic E-state index is 13.8. The van der Waals surface area contributed by atoms with Crippen LogP contribution in [0.15, 0.2) is 103 Å². The highest BCUT2D eigenvalue weighted by atomic mass is 19.4. The summed E-state index contributed by atoms with van der Waals surface area (Å²) >= 11 is 0. The standard InChI is InChI=1S/C35H30F3NO3/c1-2-41-33(40)21-25-11-6-13-27(17-25)23-42-30-15-7-12-26(19-30)20-32-29(18-24-9-4-3-5-10-24)22-28-14-8-16-31(34(28)39-32)35(36,37)38/h3-17,19,22H,2,18,20-21,23H2,1H3. The van der Waals surface area contributed by atoms with E-state index in [9.17, 15) is 18.0 Å². The lowest BCUT2D eigenvalue weighted by Gasteiger charge is -2.15. The molecule has 0 aliphatic heterocycles. The first-order chi connectivity index (χ1) is 20.3. The van der Waals surface area contributed by atoms with Crippen molar-refractivity contribution in [3.8, 4) is 5.75 Å². The molecule has 4 nitrogen and oxygen atoms in total. The number of benzene rings is 4. The molecule has 0 spiro atoms. The quantitative estimate of drug-likeness (QED) is 0.159. The van der Waals surface area contributed by atoms with E-state index in [1.54, 1.807) is 13.0 Å². The minimum Gasteiger partial charge on any atom is -0.489 e. The van der Waals surface area contributed by atoms with Crippen LogP contribution in [-0.2, 0) is 41.6 Å². The lowest BCUT2D eigenvalue weighted by molar-refractivity contribution is -0.142. The number of fused-ring (bicyclic) bond motifs is 1. The predicted octanol–water partition coefficient (Wildman–Crippen LogP) is 8.12. The number of carbonyl (C=O) groups excluding carboxylic acids is 1. The van der Waals surface area contributed by atoms with Crippen molar-refractivity contribution in [3.05, 3.63) is 142 Å². The molecular weight excluding hydrogens is 539 g/mol. The predicted molar refractivity (Wildman–Crippen MR) is 156 cm³/mol. The summed E-state index contributed by atoms with van der Waals surface area (Å²) in [6.07, 6.45) is -3.42. The summed E-state index contributed by atoms with van der Waals surface area (Å²) in [5.41, 5.74) is 4.34. The smallest absolute Gasteiger partial charge is 0.418 e. The van der Waals surface area contributed by atoms with Gasteiger partial charge in [-0.05, 0) is 65.4 Å². The summed E-state index contributed by atoms with van der Waals surface area (Å²) in [4.78, 5) is 16.4. The Bertz CT molecular complexity index is 1680. The molecule has 0 radical (unpaired) electrons. The summed E-state index contributed by atoms with van der Waals surface area (Å²) in [7, 11) is 0. The van der Waals surface area contributed by atoms with Gasteiger partial charge in [-0.1, -0.05) is 78.9 Å². The van der Waals surface area contributed by atoms with Crippen LogP contribution >= 0.6 is 0 Å². The van der Waals surface area contributed by atoms with Gasteiger partial charge in [0.05, 0.1) is 24.1 Å². The summed E-state index contributed by atoms with van der Waals surface area (Å²) in [6.45, 7) is 2.41. The van der Waals surface area contributed by atoms with Crippen molar-refractivity contribution < 1.29 is 27.4 Å². The first kappa shape index (κ1) is 28.9. The van der Waals surface area contributed by atoms with E-state index in [4.69, 9.17) is 9.47 Å². The number of esters is 1. The molecule has 0 N–H and O–H groups in total. The van der Waals surface area contributed by atoms with Gasteiger partial charge in [-0.15, -0.1) is 0 Å². The molecule has 1 aromatic heterocycles. The second-order valence-corrected chi connectivity index (χ2v) is 10.0. The van der Waals surface area contributed by atoms with Crippen LogP contribution in [0.3, 0.4) is 0 Å². The molecule has 0 aliphatic rings. The number of ether oxygens (including phenoxy) is 2. The van der Waals surface area contributed by atoms with Crippen LogP contribution in [0.5, 0.6) is 5.75 Å². The van der Waals surface area contributed by atoms with Gasteiger partial charge < -0.3 is 9.47 Å². The van der Waals surface area contributed by atoms with Gasteiger partial charge in [-0.25, -0.2) is 0 Å². The number of nitrogens with zero attached hydrogens (tertiary/aromatic N) is 1. The minimum absolute atomic E-state index is 0.0492. The molecule has 0 amide bonds. The average molecular weight is 570 g/mol. The van der Waals surface area contributed by atoms with Crippen molar-refractivity contribution in [2.45, 2.75) is 39.0 Å². The van der Waals surface area contributed by atoms with Crippen LogP contribution in [0.1, 0.15) is 46.0 Å². The highest BCUT2D eigenvalue weighted by Crippen LogP contribution is 2.35. The molecule has 0 aliphatic carbocycles. The second kappa shape index (κ2) is 12.9. The van der Waals surface area contributed by atoms with Crippen LogP contribution in [0.25, 0.3) is 10.9 Å². The Morgan fingerprint density at radius 2 is 1.48 bits per heavy atom. The van der Waals surface area contributed by atoms with Gasteiger partial charge >= 0.3 is 12.1 Å². The molecule has 5 aromatic rings. The normalized spacial score (nSPS) is 11.4. The Hall–Kier alpha value is -4.65. The molecule has 0 atom stereocenters. The molecule has 7 heteroatoms. The third kappa shape index (κ3) is 7.35. The van der Waals surface area contributed by atoms with E-state index in [-0.39, 0.29) is 17.9 Å². The Kier molecular flexibility index (Phi) is 8.86. The molecule has 0 saturated carbocycles. The van der Waals surface area contributed by atoms with Crippen LogP contribution in [0.2, 0.25) is 0 Å². The number of para-hydroxylation sites is 1. The molecule has 5 rings (SSSR count). The van der Waals surface area contributed by atoms with Crippen LogP contribution in [0, 0.1) is 0 Å². The van der Waals surface area contributed by atoms with Crippen molar-refractivity contribution in [2.75, 3.05) is 6.61 Å². The third-order valence-electron chi connectivity index (χ3n) is 6.88. The van der Waals surface area contributed by atoms with Gasteiger partial charge in [0.25, 0.3) is 0 Å². The molecule has 0 unspecified atom stereocenters. The Morgan fingerprint density at radius 3 is 2.26 bits per heavy atom. The second-order valence-electron chi connectivity index (χ2n) is 10.0. The molecular formula is C35H30F3NO3. The molecule has 0 bridgehead atoms. The Balaban J connectivity index is 1.40. The Labute approximate surface area is 242 Å². The highest BCUT2D eigenvalue weighted by Gasteiger charge is 2.33. The monoisotopic (exact) mass is 569 g/mol. The summed E-state index contributed by atoms with van der Waals surface area (Å²) in [5, 5.41) is 0.460. The molecule has 42 heavy (non-hydrogen) atoms. The first-order valence-corrected chi connectivity index (χ1v) is 13.8. The summed E-state index contributed by atoms with van der Waals surface area (Å²) in [6, 6.07) is 30.9. The maximum atomic E-state index is 13.8. The third-order valence-corrected chi connectivity index (χ3v) is 6.88. The molecule has 214 valence electrons. The number of pyridine rings is 1. The fraction of sp³-hybridized carbons (Fsp3) is 0.200. The highest BCUT2D eigenvalue weighted by molar-refractivity contribution is 5.83. The largest absolute Gasteiger partial charge is 0.489 e. The molecule has 1 heterocycles. The zero-order valence-corrected chi connectivity index (χ0v) is 23.2. The molecule has 4 aromatic carbocycles. The lowest BCUT2D eigenvalue weighted by atomic mass is 9.96. The number of aromatic nitrogens is 1. The fourth-order valence-electron chi connectivity index (χ4n) is 4.94. The molecule has 0 fully saturated rings. The Morgan fingerprint density at radius 1 is 0.762 bits per heavy atom. The van der Waals surface area contributed by atoms with E-state index in [1.807, 2.05) is 84.9 Å². The maximum Gasteiger partial charge on any atom is 0.418 e. The number of carbonyl (C=O) groups is 1. The van der Waals surface area contributed by atoms with Gasteiger partial charge in [-0.2, -0.15) is 13.2 Å². The topological polar surface area (TPSA) is 48.4 Å².